The largest absolute Gasteiger partial charge is 0.384 e. The summed E-state index contributed by atoms with van der Waals surface area (Å²) in [5.74, 6) is 3.61. The Balaban J connectivity index is 1.90. The van der Waals surface area contributed by atoms with E-state index in [-0.39, 0.29) is 0 Å². The molecule has 1 unspecified atom stereocenters. The van der Waals surface area contributed by atoms with Gasteiger partial charge in [0.2, 0.25) is 0 Å². The lowest BCUT2D eigenvalue weighted by Gasteiger charge is -2.21. The van der Waals surface area contributed by atoms with Crippen LogP contribution in [0.25, 0.3) is 0 Å². The van der Waals surface area contributed by atoms with Crippen LogP contribution in [-0.2, 0) is 13.0 Å². The summed E-state index contributed by atoms with van der Waals surface area (Å²) in [7, 11) is 0. The summed E-state index contributed by atoms with van der Waals surface area (Å²) in [5.41, 5.74) is 7.52. The zero-order chi connectivity index (χ0) is 11.8. The molecule has 17 heavy (non-hydrogen) atoms. The van der Waals surface area contributed by atoms with E-state index in [4.69, 9.17) is 10.7 Å². The number of nitrogen functional groups attached to an aromatic ring is 1. The first kappa shape index (κ1) is 11.1. The molecule has 0 saturated heterocycles. The summed E-state index contributed by atoms with van der Waals surface area (Å²) >= 11 is 0. The molecule has 0 amide bonds. The van der Waals surface area contributed by atoms with Crippen LogP contribution in [-0.4, -0.2) is 9.55 Å². The molecule has 94 valence electrons. The molecule has 3 nitrogen and oxygen atoms in total. The van der Waals surface area contributed by atoms with E-state index >= 15 is 0 Å². The number of nitrogens with two attached hydrogens (primary N) is 1. The van der Waals surface area contributed by atoms with Gasteiger partial charge >= 0.3 is 0 Å². The SMILES string of the molecule is CC1CCn2c(nc(C3CCCCC3)c2N)C1. The highest BCUT2D eigenvalue weighted by atomic mass is 15.1. The smallest absolute Gasteiger partial charge is 0.127 e. The Kier molecular flexibility index (Phi) is 2.85. The van der Waals surface area contributed by atoms with Gasteiger partial charge in [-0.3, -0.25) is 0 Å². The molecule has 1 atom stereocenters. The molecule has 3 rings (SSSR count). The first-order chi connectivity index (χ1) is 8.25. The van der Waals surface area contributed by atoms with Crippen LogP contribution in [0.4, 0.5) is 5.82 Å². The first-order valence-corrected chi connectivity index (χ1v) is 7.10. The molecule has 1 aliphatic carbocycles. The van der Waals surface area contributed by atoms with Crippen LogP contribution in [0.5, 0.6) is 0 Å². The average Bonchev–Trinajstić information content (AvgIpc) is 2.67. The molecule has 0 radical (unpaired) electrons. The number of hydrogen-bond donors (Lipinski definition) is 1. The van der Waals surface area contributed by atoms with Gasteiger partial charge < -0.3 is 10.3 Å². The molecule has 2 N–H and O–H groups in total. The highest BCUT2D eigenvalue weighted by Gasteiger charge is 2.26. The second-order valence-corrected chi connectivity index (χ2v) is 5.88. The Morgan fingerprint density at radius 3 is 2.71 bits per heavy atom. The van der Waals surface area contributed by atoms with Crippen molar-refractivity contribution in [3.63, 3.8) is 0 Å². The van der Waals surface area contributed by atoms with Crippen molar-refractivity contribution in [1.82, 2.24) is 9.55 Å². The van der Waals surface area contributed by atoms with Gasteiger partial charge in [0, 0.05) is 18.9 Å². The van der Waals surface area contributed by atoms with E-state index in [1.807, 2.05) is 0 Å². The van der Waals surface area contributed by atoms with Crippen LogP contribution in [0.15, 0.2) is 0 Å². The normalized spacial score (nSPS) is 25.8. The van der Waals surface area contributed by atoms with Crippen molar-refractivity contribution in [3.8, 4) is 0 Å². The second-order valence-electron chi connectivity index (χ2n) is 5.88. The number of nitrogens with zero attached hydrogens (tertiary/aromatic N) is 2. The molecule has 0 bridgehead atoms. The molecule has 2 aliphatic rings. The van der Waals surface area contributed by atoms with Crippen molar-refractivity contribution in [3.05, 3.63) is 11.5 Å². The van der Waals surface area contributed by atoms with Crippen LogP contribution in [0.2, 0.25) is 0 Å². The number of imidazole rings is 1. The van der Waals surface area contributed by atoms with E-state index in [0.717, 1.165) is 24.7 Å². The van der Waals surface area contributed by atoms with Gasteiger partial charge in [0.25, 0.3) is 0 Å². The van der Waals surface area contributed by atoms with Crippen molar-refractivity contribution >= 4 is 5.82 Å². The topological polar surface area (TPSA) is 43.8 Å². The lowest BCUT2D eigenvalue weighted by Crippen LogP contribution is -2.18. The molecule has 0 aromatic carbocycles. The van der Waals surface area contributed by atoms with Crippen LogP contribution in [0.1, 0.15) is 62.9 Å². The summed E-state index contributed by atoms with van der Waals surface area (Å²) in [5, 5.41) is 0. The van der Waals surface area contributed by atoms with Crippen molar-refractivity contribution in [2.45, 2.75) is 64.3 Å². The third-order valence-corrected chi connectivity index (χ3v) is 4.48. The Morgan fingerprint density at radius 2 is 1.94 bits per heavy atom. The Hall–Kier alpha value is -0.990. The molecule has 1 aromatic heterocycles. The number of rotatable bonds is 1. The van der Waals surface area contributed by atoms with Gasteiger partial charge in [0.1, 0.15) is 11.6 Å². The van der Waals surface area contributed by atoms with E-state index in [1.54, 1.807) is 0 Å². The first-order valence-electron chi connectivity index (χ1n) is 7.10. The van der Waals surface area contributed by atoms with E-state index in [0.29, 0.717) is 5.92 Å². The van der Waals surface area contributed by atoms with E-state index in [2.05, 4.69) is 11.5 Å². The lowest BCUT2D eigenvalue weighted by molar-refractivity contribution is 0.412. The predicted octanol–water partition coefficient (Wildman–Crippen LogP) is 3.10. The van der Waals surface area contributed by atoms with Crippen LogP contribution in [0, 0.1) is 5.92 Å². The zero-order valence-electron chi connectivity index (χ0n) is 10.8. The van der Waals surface area contributed by atoms with Gasteiger partial charge in [-0.05, 0) is 25.2 Å². The number of fused-ring (bicyclic) bond motifs is 1. The molecule has 1 aromatic rings. The van der Waals surface area contributed by atoms with Gasteiger partial charge in [-0.15, -0.1) is 0 Å². The predicted molar refractivity (Wildman–Crippen MR) is 70.0 cm³/mol. The second kappa shape index (κ2) is 4.35. The summed E-state index contributed by atoms with van der Waals surface area (Å²) in [6, 6.07) is 0. The fourth-order valence-corrected chi connectivity index (χ4v) is 3.38. The van der Waals surface area contributed by atoms with Crippen molar-refractivity contribution in [2.24, 2.45) is 5.92 Å². The van der Waals surface area contributed by atoms with Gasteiger partial charge in [0.15, 0.2) is 0 Å². The van der Waals surface area contributed by atoms with Crippen molar-refractivity contribution in [2.75, 3.05) is 5.73 Å². The highest BCUT2D eigenvalue weighted by Crippen LogP contribution is 2.36. The summed E-state index contributed by atoms with van der Waals surface area (Å²) in [6.07, 6.45) is 9.02. The van der Waals surface area contributed by atoms with Gasteiger partial charge in [0.05, 0.1) is 5.69 Å². The van der Waals surface area contributed by atoms with Gasteiger partial charge in [-0.1, -0.05) is 26.2 Å². The Morgan fingerprint density at radius 1 is 1.18 bits per heavy atom. The maximum absolute atomic E-state index is 6.30. The standard InChI is InChI=1S/C14H23N3/c1-10-7-8-17-12(9-10)16-13(14(17)15)11-5-3-2-4-6-11/h10-11H,2-9,15H2,1H3. The quantitative estimate of drug-likeness (QED) is 0.810. The van der Waals surface area contributed by atoms with E-state index in [9.17, 15) is 0 Å². The molecule has 0 spiro atoms. The fraction of sp³-hybridized carbons (Fsp3) is 0.786. The van der Waals surface area contributed by atoms with E-state index in [1.165, 1.54) is 50.0 Å². The summed E-state index contributed by atoms with van der Waals surface area (Å²) in [6.45, 7) is 3.39. The molecule has 2 heterocycles. The minimum atomic E-state index is 0.636. The van der Waals surface area contributed by atoms with Crippen LogP contribution in [0.3, 0.4) is 0 Å². The number of anilines is 1. The minimum Gasteiger partial charge on any atom is -0.384 e. The monoisotopic (exact) mass is 233 g/mol. The van der Waals surface area contributed by atoms with Crippen molar-refractivity contribution in [1.29, 1.82) is 0 Å². The number of hydrogen-bond acceptors (Lipinski definition) is 2. The third kappa shape index (κ3) is 1.96. The van der Waals surface area contributed by atoms with E-state index < -0.39 is 0 Å². The maximum atomic E-state index is 6.30. The molecule has 1 fully saturated rings. The number of aromatic nitrogens is 2. The Bertz CT molecular complexity index is 402. The Labute approximate surface area is 103 Å². The van der Waals surface area contributed by atoms with Crippen molar-refractivity contribution < 1.29 is 0 Å². The maximum Gasteiger partial charge on any atom is 0.127 e. The molecular formula is C14H23N3. The fourth-order valence-electron chi connectivity index (χ4n) is 3.38. The minimum absolute atomic E-state index is 0.636. The van der Waals surface area contributed by atoms with Crippen LogP contribution < -0.4 is 5.73 Å². The highest BCUT2D eigenvalue weighted by molar-refractivity contribution is 5.41. The molecular weight excluding hydrogens is 210 g/mol. The summed E-state index contributed by atoms with van der Waals surface area (Å²) < 4.78 is 2.27. The average molecular weight is 233 g/mol. The third-order valence-electron chi connectivity index (χ3n) is 4.48. The summed E-state index contributed by atoms with van der Waals surface area (Å²) in [4.78, 5) is 4.86. The van der Waals surface area contributed by atoms with Gasteiger partial charge in [-0.2, -0.15) is 0 Å². The molecule has 3 heteroatoms. The molecule has 1 aliphatic heterocycles. The van der Waals surface area contributed by atoms with Gasteiger partial charge in [-0.25, -0.2) is 4.98 Å². The van der Waals surface area contributed by atoms with Crippen LogP contribution >= 0.6 is 0 Å². The zero-order valence-corrected chi connectivity index (χ0v) is 10.8. The lowest BCUT2D eigenvalue weighted by atomic mass is 9.87. The molecule has 1 saturated carbocycles.